The summed E-state index contributed by atoms with van der Waals surface area (Å²) in [6.07, 6.45) is 11.5. The highest BCUT2D eigenvalue weighted by Crippen LogP contribution is 2.35. The Balaban J connectivity index is 1.43. The predicted octanol–water partition coefficient (Wildman–Crippen LogP) is 4.39. The molecule has 166 valence electrons. The van der Waals surface area contributed by atoms with Gasteiger partial charge in [0.15, 0.2) is 0 Å². The lowest BCUT2D eigenvalue weighted by atomic mass is 9.89. The van der Waals surface area contributed by atoms with Crippen LogP contribution in [0.2, 0.25) is 0 Å². The van der Waals surface area contributed by atoms with Gasteiger partial charge in [0.2, 0.25) is 5.96 Å². The fourth-order valence-corrected chi connectivity index (χ4v) is 5.71. The number of amidine groups is 1. The van der Waals surface area contributed by atoms with Crippen LogP contribution in [-0.4, -0.2) is 53.8 Å². The number of likely N-dealkylation sites (N-methyl/N-ethyl adjacent to an activating group) is 1. The number of nitrogens with zero attached hydrogens (tertiary/aromatic N) is 3. The lowest BCUT2D eigenvalue weighted by Gasteiger charge is -2.41. The van der Waals surface area contributed by atoms with Crippen molar-refractivity contribution in [2.24, 2.45) is 10.9 Å². The van der Waals surface area contributed by atoms with Gasteiger partial charge >= 0.3 is 0 Å². The van der Waals surface area contributed by atoms with Crippen LogP contribution in [0.25, 0.3) is 0 Å². The first kappa shape index (κ1) is 20.4. The van der Waals surface area contributed by atoms with Crippen molar-refractivity contribution in [3.05, 3.63) is 41.7 Å². The smallest absolute Gasteiger partial charge is 0.203 e. The second-order valence-corrected chi connectivity index (χ2v) is 9.65. The van der Waals surface area contributed by atoms with Gasteiger partial charge in [-0.25, -0.2) is 4.99 Å². The van der Waals surface area contributed by atoms with E-state index in [4.69, 9.17) is 4.99 Å². The molecule has 3 fully saturated rings. The van der Waals surface area contributed by atoms with Gasteiger partial charge in [0, 0.05) is 19.3 Å². The van der Waals surface area contributed by atoms with E-state index in [-0.39, 0.29) is 0 Å². The molecule has 2 atom stereocenters. The number of nitrogens with one attached hydrogen (secondary N) is 3. The molecule has 0 aromatic heterocycles. The lowest BCUT2D eigenvalue weighted by Crippen LogP contribution is -2.56. The van der Waals surface area contributed by atoms with Crippen molar-refractivity contribution >= 4 is 17.5 Å². The zero-order valence-corrected chi connectivity index (χ0v) is 18.7. The average molecular weight is 421 g/mol. The van der Waals surface area contributed by atoms with Crippen molar-refractivity contribution < 1.29 is 0 Å². The van der Waals surface area contributed by atoms with Gasteiger partial charge in [0.05, 0.1) is 24.2 Å². The summed E-state index contributed by atoms with van der Waals surface area (Å²) in [6.45, 7) is 1.68. The predicted molar refractivity (Wildman–Crippen MR) is 127 cm³/mol. The fraction of sp³-hybridized carbons (Fsp3) is 0.600. The molecule has 3 N–H and O–H groups in total. The molecule has 5 rings (SSSR count). The van der Waals surface area contributed by atoms with E-state index in [0.717, 1.165) is 48.3 Å². The maximum atomic E-state index is 9.19. The number of benzene rings is 1. The molecule has 2 saturated carbocycles. The molecule has 1 aromatic carbocycles. The lowest BCUT2D eigenvalue weighted by molar-refractivity contribution is 0.293. The average Bonchev–Trinajstić information content (AvgIpc) is 3.21. The van der Waals surface area contributed by atoms with Crippen molar-refractivity contribution in [3.8, 4) is 0 Å². The Morgan fingerprint density at radius 1 is 1.03 bits per heavy atom. The second-order valence-electron chi connectivity index (χ2n) is 9.65. The van der Waals surface area contributed by atoms with E-state index in [2.05, 4.69) is 51.7 Å². The summed E-state index contributed by atoms with van der Waals surface area (Å²) in [7, 11) is 2.12. The second kappa shape index (κ2) is 8.93. The number of rotatable bonds is 5. The molecule has 0 radical (unpaired) electrons. The summed E-state index contributed by atoms with van der Waals surface area (Å²) < 4.78 is 0. The van der Waals surface area contributed by atoms with Gasteiger partial charge < -0.3 is 15.5 Å². The molecular formula is C25H36N6. The topological polar surface area (TPSA) is 66.8 Å². The molecule has 2 aliphatic heterocycles. The van der Waals surface area contributed by atoms with Crippen molar-refractivity contribution in [2.45, 2.75) is 69.9 Å². The summed E-state index contributed by atoms with van der Waals surface area (Å²) in [5.41, 5.74) is 2.11. The number of anilines is 1. The van der Waals surface area contributed by atoms with Crippen LogP contribution >= 0.6 is 0 Å². The number of hydrogen-bond donors (Lipinski definition) is 3. The number of guanidine groups is 1. The summed E-state index contributed by atoms with van der Waals surface area (Å²) in [6, 6.07) is 11.1. The highest BCUT2D eigenvalue weighted by atomic mass is 15.5. The van der Waals surface area contributed by atoms with Crippen LogP contribution in [0.1, 0.15) is 57.8 Å². The number of hydrogen-bond acceptors (Lipinski definition) is 5. The van der Waals surface area contributed by atoms with Crippen LogP contribution in [0.5, 0.6) is 0 Å². The summed E-state index contributed by atoms with van der Waals surface area (Å²) in [4.78, 5) is 9.48. The van der Waals surface area contributed by atoms with E-state index in [1.54, 1.807) is 0 Å². The standard InChI is InChI=1S/C25H36N6/c1-30-17-20(23(26)31-22-15-9-8-14-21(22)29-25(30)31)24(28-19-12-6-3-7-13-19)27-16-18-10-4-2-5-11-18/h3,6-7,12-13,18,21-22,26-28H,2,4-5,8-11,14-17H2,1H3/b24-20+,26-23?. The zero-order valence-electron chi connectivity index (χ0n) is 18.7. The minimum Gasteiger partial charge on any atom is -0.371 e. The Kier molecular flexibility index (Phi) is 5.88. The normalized spacial score (nSPS) is 28.0. The SMILES string of the molecule is CN1C/C(=C(/NCC2CCCCC2)Nc2ccccc2)C(=N)N2C1=NC1CCCCC12. The largest absolute Gasteiger partial charge is 0.371 e. The molecule has 1 saturated heterocycles. The van der Waals surface area contributed by atoms with Gasteiger partial charge in [-0.1, -0.05) is 50.3 Å². The first-order chi connectivity index (χ1) is 15.2. The fourth-order valence-electron chi connectivity index (χ4n) is 5.71. The van der Waals surface area contributed by atoms with E-state index in [9.17, 15) is 5.41 Å². The van der Waals surface area contributed by atoms with Crippen LogP contribution in [0, 0.1) is 11.3 Å². The molecule has 4 aliphatic rings. The maximum Gasteiger partial charge on any atom is 0.203 e. The third-order valence-corrected chi connectivity index (χ3v) is 7.42. The van der Waals surface area contributed by atoms with Crippen molar-refractivity contribution in [3.63, 3.8) is 0 Å². The van der Waals surface area contributed by atoms with E-state index in [1.165, 1.54) is 44.9 Å². The van der Waals surface area contributed by atoms with Crippen molar-refractivity contribution in [1.82, 2.24) is 15.1 Å². The van der Waals surface area contributed by atoms with E-state index < -0.39 is 0 Å². The van der Waals surface area contributed by atoms with E-state index in [0.29, 0.717) is 24.5 Å². The van der Waals surface area contributed by atoms with Gasteiger partial charge in [-0.05, 0) is 43.7 Å². The number of aliphatic imine (C=N–C) groups is 1. The van der Waals surface area contributed by atoms with Gasteiger partial charge in [-0.15, -0.1) is 0 Å². The zero-order chi connectivity index (χ0) is 21.2. The first-order valence-electron chi connectivity index (χ1n) is 12.2. The minimum atomic E-state index is 0.352. The molecule has 0 spiro atoms. The number of fused-ring (bicyclic) bond motifs is 3. The van der Waals surface area contributed by atoms with Gasteiger partial charge in [0.25, 0.3) is 0 Å². The van der Waals surface area contributed by atoms with Crippen LogP contribution in [-0.2, 0) is 0 Å². The molecule has 0 bridgehead atoms. The highest BCUT2D eigenvalue weighted by Gasteiger charge is 2.45. The number of para-hydroxylation sites is 1. The highest BCUT2D eigenvalue weighted by molar-refractivity contribution is 6.11. The van der Waals surface area contributed by atoms with Gasteiger partial charge in [-0.2, -0.15) is 0 Å². The van der Waals surface area contributed by atoms with Crippen LogP contribution in [0.3, 0.4) is 0 Å². The molecule has 0 amide bonds. The van der Waals surface area contributed by atoms with Gasteiger partial charge in [0.1, 0.15) is 11.7 Å². The monoisotopic (exact) mass is 420 g/mol. The van der Waals surface area contributed by atoms with Crippen LogP contribution in [0.15, 0.2) is 46.7 Å². The molecule has 2 unspecified atom stereocenters. The Morgan fingerprint density at radius 2 is 1.77 bits per heavy atom. The van der Waals surface area contributed by atoms with Crippen LogP contribution in [0.4, 0.5) is 5.69 Å². The molecule has 6 heteroatoms. The first-order valence-corrected chi connectivity index (χ1v) is 12.2. The molecule has 6 nitrogen and oxygen atoms in total. The van der Waals surface area contributed by atoms with Crippen molar-refractivity contribution in [2.75, 3.05) is 25.5 Å². The quantitative estimate of drug-likeness (QED) is 0.661. The Labute approximate surface area is 186 Å². The van der Waals surface area contributed by atoms with Crippen molar-refractivity contribution in [1.29, 1.82) is 5.41 Å². The van der Waals surface area contributed by atoms with Crippen LogP contribution < -0.4 is 10.6 Å². The molecule has 1 aromatic rings. The summed E-state index contributed by atoms with van der Waals surface area (Å²) in [5.74, 6) is 3.34. The third kappa shape index (κ3) is 4.17. The minimum absolute atomic E-state index is 0.352. The van der Waals surface area contributed by atoms with E-state index in [1.807, 2.05) is 6.07 Å². The Morgan fingerprint density at radius 3 is 2.58 bits per heavy atom. The third-order valence-electron chi connectivity index (χ3n) is 7.42. The maximum absolute atomic E-state index is 9.19. The Bertz CT molecular complexity index is 854. The molecule has 31 heavy (non-hydrogen) atoms. The summed E-state index contributed by atoms with van der Waals surface area (Å²) in [5, 5.41) is 16.6. The molecule has 2 heterocycles. The molecular weight excluding hydrogens is 384 g/mol. The molecule has 2 aliphatic carbocycles. The Hall–Kier alpha value is -2.50. The van der Waals surface area contributed by atoms with E-state index >= 15 is 0 Å². The summed E-state index contributed by atoms with van der Waals surface area (Å²) >= 11 is 0. The van der Waals surface area contributed by atoms with Gasteiger partial charge in [-0.3, -0.25) is 10.3 Å².